The first-order valence-corrected chi connectivity index (χ1v) is 8.22. The van der Waals surface area contributed by atoms with Crippen LogP contribution >= 0.6 is 0 Å². The minimum atomic E-state index is -0.280. The van der Waals surface area contributed by atoms with Gasteiger partial charge in [-0.1, -0.05) is 12.1 Å². The van der Waals surface area contributed by atoms with Crippen LogP contribution in [0.5, 0.6) is 0 Å². The summed E-state index contributed by atoms with van der Waals surface area (Å²) in [5, 5.41) is 0. The second kappa shape index (κ2) is 7.17. The van der Waals surface area contributed by atoms with Gasteiger partial charge in [0.05, 0.1) is 19.1 Å². The molecule has 0 aromatic heterocycles. The number of carbonyl (C=O) groups is 1. The third-order valence-corrected chi connectivity index (χ3v) is 5.46. The Hall–Kier alpha value is -1.50. The number of hydrogen-bond donors (Lipinski definition) is 0. The lowest BCUT2D eigenvalue weighted by molar-refractivity contribution is -0.150. The second-order valence-corrected chi connectivity index (χ2v) is 6.59. The first-order valence-electron chi connectivity index (χ1n) is 8.22. The minimum absolute atomic E-state index is 0.000366. The number of hydrogen-bond acceptors (Lipinski definition) is 5. The Morgan fingerprint density at radius 1 is 1.21 bits per heavy atom. The Kier molecular flexibility index (Phi) is 5.18. The quantitative estimate of drug-likeness (QED) is 0.609. The van der Waals surface area contributed by atoms with Crippen molar-refractivity contribution in [1.82, 2.24) is 4.90 Å². The van der Waals surface area contributed by atoms with E-state index in [2.05, 4.69) is 4.90 Å². The predicted octanol–water partition coefficient (Wildman–Crippen LogP) is 2.16. The molecule has 2 fully saturated rings. The normalized spacial score (nSPS) is 32.8. The first kappa shape index (κ1) is 17.3. The number of fused-ring (bicyclic) bond motifs is 2. The topological polar surface area (TPSA) is 48.0 Å². The fourth-order valence-electron chi connectivity index (χ4n) is 4.31. The summed E-state index contributed by atoms with van der Waals surface area (Å²) in [6.45, 7) is 0.242. The van der Waals surface area contributed by atoms with E-state index in [1.807, 2.05) is 7.05 Å². The molecule has 6 heteroatoms. The van der Waals surface area contributed by atoms with E-state index in [-0.39, 0.29) is 48.6 Å². The van der Waals surface area contributed by atoms with Crippen molar-refractivity contribution in [1.29, 1.82) is 0 Å². The van der Waals surface area contributed by atoms with Crippen molar-refractivity contribution in [2.24, 2.45) is 5.92 Å². The number of halogens is 1. The molecule has 0 saturated carbocycles. The fraction of sp³-hybridized carbons (Fsp3) is 0.611. The molecule has 1 aromatic rings. The Morgan fingerprint density at radius 3 is 2.54 bits per heavy atom. The Balaban J connectivity index is 1.90. The molecule has 5 atom stereocenters. The van der Waals surface area contributed by atoms with Crippen LogP contribution in [0.4, 0.5) is 4.39 Å². The van der Waals surface area contributed by atoms with Gasteiger partial charge in [0.15, 0.2) is 0 Å². The number of methoxy groups -OCH3 is 2. The molecule has 5 nitrogen and oxygen atoms in total. The van der Waals surface area contributed by atoms with E-state index in [9.17, 15) is 9.18 Å². The van der Waals surface area contributed by atoms with Gasteiger partial charge in [0.25, 0.3) is 0 Å². The lowest BCUT2D eigenvalue weighted by atomic mass is 9.76. The maximum Gasteiger partial charge on any atom is 0.310 e. The van der Waals surface area contributed by atoms with Gasteiger partial charge in [-0.15, -0.1) is 0 Å². The molecule has 24 heavy (non-hydrogen) atoms. The van der Waals surface area contributed by atoms with Gasteiger partial charge in [0.1, 0.15) is 12.6 Å². The Bertz CT molecular complexity index is 579. The zero-order valence-corrected chi connectivity index (χ0v) is 14.3. The van der Waals surface area contributed by atoms with Crippen LogP contribution in [0.25, 0.3) is 0 Å². The third kappa shape index (κ3) is 3.06. The average Bonchev–Trinajstić information content (AvgIpc) is 2.79. The molecule has 0 aliphatic carbocycles. The second-order valence-electron chi connectivity index (χ2n) is 6.59. The highest BCUT2D eigenvalue weighted by atomic mass is 19.1. The molecule has 5 unspecified atom stereocenters. The van der Waals surface area contributed by atoms with Crippen molar-refractivity contribution in [2.45, 2.75) is 36.9 Å². The van der Waals surface area contributed by atoms with Crippen LogP contribution in [0.1, 0.15) is 24.3 Å². The van der Waals surface area contributed by atoms with E-state index in [4.69, 9.17) is 14.2 Å². The van der Waals surface area contributed by atoms with E-state index >= 15 is 0 Å². The molecular weight excluding hydrogens is 313 g/mol. The number of piperidine rings is 1. The van der Waals surface area contributed by atoms with Crippen molar-refractivity contribution in [3.63, 3.8) is 0 Å². The highest BCUT2D eigenvalue weighted by Gasteiger charge is 2.54. The highest BCUT2D eigenvalue weighted by molar-refractivity contribution is 5.75. The zero-order chi connectivity index (χ0) is 17.3. The van der Waals surface area contributed by atoms with Crippen LogP contribution in [0.3, 0.4) is 0 Å². The molecule has 132 valence electrons. The van der Waals surface area contributed by atoms with Crippen molar-refractivity contribution in [2.75, 3.05) is 28.1 Å². The van der Waals surface area contributed by atoms with Gasteiger partial charge in [-0.3, -0.25) is 9.69 Å². The lowest BCUT2D eigenvalue weighted by Gasteiger charge is -2.41. The SMILES string of the molecule is COCOC1CC2C(C(=O)OC)C(c3ccc(F)cc3)CC1N2C. The third-order valence-electron chi connectivity index (χ3n) is 5.46. The number of ether oxygens (including phenoxy) is 3. The zero-order valence-electron chi connectivity index (χ0n) is 14.3. The van der Waals surface area contributed by atoms with Gasteiger partial charge in [0, 0.05) is 25.1 Å². The minimum Gasteiger partial charge on any atom is -0.469 e. The van der Waals surface area contributed by atoms with Crippen LogP contribution in [0, 0.1) is 11.7 Å². The van der Waals surface area contributed by atoms with E-state index < -0.39 is 0 Å². The molecular formula is C18H24FNO4. The van der Waals surface area contributed by atoms with Gasteiger partial charge in [-0.25, -0.2) is 4.39 Å². The van der Waals surface area contributed by atoms with Crippen LogP contribution < -0.4 is 0 Å². The molecule has 1 aromatic carbocycles. The molecule has 2 heterocycles. The lowest BCUT2D eigenvalue weighted by Crippen LogP contribution is -2.50. The van der Waals surface area contributed by atoms with Crippen LogP contribution in [-0.4, -0.2) is 57.1 Å². The molecule has 0 N–H and O–H groups in total. The average molecular weight is 337 g/mol. The number of esters is 1. The molecule has 2 aliphatic heterocycles. The maximum atomic E-state index is 13.3. The number of likely N-dealkylation sites (N-methyl/N-ethyl adjacent to an activating group) is 1. The van der Waals surface area contributed by atoms with Crippen molar-refractivity contribution < 1.29 is 23.4 Å². The summed E-state index contributed by atoms with van der Waals surface area (Å²) in [5.41, 5.74) is 0.974. The number of nitrogens with zero attached hydrogens (tertiary/aromatic N) is 1. The van der Waals surface area contributed by atoms with Gasteiger partial charge < -0.3 is 14.2 Å². The van der Waals surface area contributed by atoms with Gasteiger partial charge in [0.2, 0.25) is 0 Å². The molecule has 0 amide bonds. The monoisotopic (exact) mass is 337 g/mol. The largest absolute Gasteiger partial charge is 0.469 e. The summed E-state index contributed by atoms with van der Waals surface area (Å²) >= 11 is 0. The summed E-state index contributed by atoms with van der Waals surface area (Å²) in [4.78, 5) is 14.7. The number of rotatable bonds is 5. The van der Waals surface area contributed by atoms with E-state index in [0.717, 1.165) is 18.4 Å². The van der Waals surface area contributed by atoms with Crippen LogP contribution in [0.2, 0.25) is 0 Å². The van der Waals surface area contributed by atoms with Crippen molar-refractivity contribution in [3.8, 4) is 0 Å². The summed E-state index contributed by atoms with van der Waals surface area (Å²) in [7, 11) is 5.05. The maximum absolute atomic E-state index is 13.3. The van der Waals surface area contributed by atoms with Crippen LogP contribution in [-0.2, 0) is 19.0 Å². The highest BCUT2D eigenvalue weighted by Crippen LogP contribution is 2.47. The first-order chi connectivity index (χ1) is 11.6. The Labute approximate surface area is 141 Å². The van der Waals surface area contributed by atoms with E-state index in [1.54, 1.807) is 19.2 Å². The number of carbonyl (C=O) groups excluding carboxylic acids is 1. The smallest absolute Gasteiger partial charge is 0.310 e. The Morgan fingerprint density at radius 2 is 1.92 bits per heavy atom. The molecule has 2 saturated heterocycles. The van der Waals surface area contributed by atoms with Crippen LogP contribution in [0.15, 0.2) is 24.3 Å². The van der Waals surface area contributed by atoms with Crippen molar-refractivity contribution >= 4 is 5.97 Å². The van der Waals surface area contributed by atoms with E-state index in [0.29, 0.717) is 0 Å². The molecule has 0 radical (unpaired) electrons. The standard InChI is InChI=1S/C18H24FNO4/c1-20-14-8-13(11-4-6-12(19)7-5-11)17(18(21)23-3)15(20)9-16(14)24-10-22-2/h4-7,13-17H,8-10H2,1-3H3. The van der Waals surface area contributed by atoms with E-state index in [1.165, 1.54) is 19.2 Å². The van der Waals surface area contributed by atoms with Gasteiger partial charge in [-0.2, -0.15) is 0 Å². The van der Waals surface area contributed by atoms with Gasteiger partial charge in [-0.05, 0) is 37.6 Å². The summed E-state index contributed by atoms with van der Waals surface area (Å²) < 4.78 is 29.2. The molecule has 3 rings (SSSR count). The predicted molar refractivity (Wildman–Crippen MR) is 86.0 cm³/mol. The number of benzene rings is 1. The summed E-state index contributed by atoms with van der Waals surface area (Å²) in [6.07, 6.45) is 1.56. The fourth-order valence-corrected chi connectivity index (χ4v) is 4.31. The molecule has 0 spiro atoms. The van der Waals surface area contributed by atoms with Crippen molar-refractivity contribution in [3.05, 3.63) is 35.6 Å². The summed E-state index contributed by atoms with van der Waals surface area (Å²) in [6, 6.07) is 6.69. The molecule has 2 bridgehead atoms. The van der Waals surface area contributed by atoms with Gasteiger partial charge >= 0.3 is 5.97 Å². The molecule has 2 aliphatic rings. The summed E-state index contributed by atoms with van der Waals surface area (Å²) in [5.74, 6) is -0.768.